The maximum Gasteiger partial charge on any atom is 0.265 e. The van der Waals surface area contributed by atoms with Crippen molar-refractivity contribution in [2.24, 2.45) is 0 Å². The van der Waals surface area contributed by atoms with Crippen LogP contribution in [-0.2, 0) is 4.79 Å². The predicted octanol–water partition coefficient (Wildman–Crippen LogP) is 4.67. The number of halogens is 1. The van der Waals surface area contributed by atoms with Gasteiger partial charge in [-0.3, -0.25) is 14.2 Å². The molecule has 0 radical (unpaired) electrons. The largest absolute Gasteiger partial charge is 0.484 e. The molecular weight excluding hydrogens is 414 g/mol. The van der Waals surface area contributed by atoms with E-state index in [9.17, 15) is 9.59 Å². The monoisotopic (exact) mass is 433 g/mol. The molecule has 1 N–H and O–H groups in total. The van der Waals surface area contributed by atoms with Crippen molar-refractivity contribution in [2.45, 2.75) is 13.8 Å². The van der Waals surface area contributed by atoms with Crippen molar-refractivity contribution in [2.75, 3.05) is 11.9 Å². The SMILES string of the molecule is Cc1cc(-n2c(C)nc3ccccc3c2=O)ccc1NC(=O)COc1ccc(Cl)cc1. The molecule has 0 aliphatic heterocycles. The molecule has 0 aliphatic rings. The highest BCUT2D eigenvalue weighted by molar-refractivity contribution is 6.30. The summed E-state index contributed by atoms with van der Waals surface area (Å²) < 4.78 is 7.05. The molecule has 7 heteroatoms. The number of anilines is 1. The lowest BCUT2D eigenvalue weighted by atomic mass is 10.1. The number of benzene rings is 3. The van der Waals surface area contributed by atoms with Gasteiger partial charge in [0.15, 0.2) is 6.61 Å². The molecule has 31 heavy (non-hydrogen) atoms. The Morgan fingerprint density at radius 3 is 2.55 bits per heavy atom. The summed E-state index contributed by atoms with van der Waals surface area (Å²) in [6, 6.07) is 19.5. The molecule has 0 unspecified atom stereocenters. The van der Waals surface area contributed by atoms with E-state index in [1.807, 2.05) is 31.2 Å². The molecule has 0 fully saturated rings. The molecule has 4 rings (SSSR count). The average Bonchev–Trinajstić information content (AvgIpc) is 2.75. The topological polar surface area (TPSA) is 73.2 Å². The fourth-order valence-corrected chi connectivity index (χ4v) is 3.47. The maximum atomic E-state index is 13.0. The lowest BCUT2D eigenvalue weighted by Crippen LogP contribution is -2.23. The molecule has 4 aromatic rings. The molecule has 1 heterocycles. The normalized spacial score (nSPS) is 10.8. The first-order chi connectivity index (χ1) is 14.9. The first kappa shape index (κ1) is 20.6. The molecule has 0 atom stereocenters. The minimum Gasteiger partial charge on any atom is -0.484 e. The number of hydrogen-bond acceptors (Lipinski definition) is 4. The van der Waals surface area contributed by atoms with E-state index in [-0.39, 0.29) is 18.1 Å². The average molecular weight is 434 g/mol. The minimum atomic E-state index is -0.286. The summed E-state index contributed by atoms with van der Waals surface area (Å²) in [6.45, 7) is 3.54. The van der Waals surface area contributed by atoms with E-state index in [1.54, 1.807) is 54.0 Å². The van der Waals surface area contributed by atoms with Crippen molar-refractivity contribution in [1.82, 2.24) is 9.55 Å². The third-order valence-electron chi connectivity index (χ3n) is 4.87. The number of carbonyl (C=O) groups excluding carboxylic acids is 1. The quantitative estimate of drug-likeness (QED) is 0.496. The smallest absolute Gasteiger partial charge is 0.265 e. The third-order valence-corrected chi connectivity index (χ3v) is 5.12. The second-order valence-electron chi connectivity index (χ2n) is 7.11. The Bertz CT molecular complexity index is 1330. The van der Waals surface area contributed by atoms with E-state index in [4.69, 9.17) is 16.3 Å². The van der Waals surface area contributed by atoms with E-state index < -0.39 is 0 Å². The van der Waals surface area contributed by atoms with Crippen molar-refractivity contribution in [3.8, 4) is 11.4 Å². The van der Waals surface area contributed by atoms with Crippen molar-refractivity contribution >= 4 is 34.1 Å². The molecule has 1 amide bonds. The highest BCUT2D eigenvalue weighted by Gasteiger charge is 2.12. The number of carbonyl (C=O) groups is 1. The molecular formula is C24H20ClN3O3. The zero-order valence-corrected chi connectivity index (χ0v) is 17.8. The molecule has 0 saturated heterocycles. The number of hydrogen-bond donors (Lipinski definition) is 1. The van der Waals surface area contributed by atoms with Gasteiger partial charge in [-0.2, -0.15) is 0 Å². The van der Waals surface area contributed by atoms with E-state index in [0.717, 1.165) is 5.56 Å². The van der Waals surface area contributed by atoms with Crippen LogP contribution in [0.5, 0.6) is 5.75 Å². The van der Waals surface area contributed by atoms with Gasteiger partial charge in [0.25, 0.3) is 11.5 Å². The summed E-state index contributed by atoms with van der Waals surface area (Å²) >= 11 is 5.84. The fraction of sp³-hybridized carbons (Fsp3) is 0.125. The van der Waals surface area contributed by atoms with Crippen molar-refractivity contribution in [3.05, 3.63) is 93.5 Å². The van der Waals surface area contributed by atoms with Crippen LogP contribution < -0.4 is 15.6 Å². The Kier molecular flexibility index (Phi) is 5.73. The van der Waals surface area contributed by atoms with Gasteiger partial charge in [0.05, 0.1) is 16.6 Å². The lowest BCUT2D eigenvalue weighted by Gasteiger charge is -2.14. The van der Waals surface area contributed by atoms with Crippen LogP contribution in [0.25, 0.3) is 16.6 Å². The lowest BCUT2D eigenvalue weighted by molar-refractivity contribution is -0.118. The van der Waals surface area contributed by atoms with Crippen molar-refractivity contribution < 1.29 is 9.53 Å². The summed E-state index contributed by atoms with van der Waals surface area (Å²) in [5.41, 5.74) is 2.69. The summed E-state index contributed by atoms with van der Waals surface area (Å²) in [5.74, 6) is 0.869. The molecule has 0 aliphatic carbocycles. The van der Waals surface area contributed by atoms with Gasteiger partial charge in [-0.15, -0.1) is 0 Å². The molecule has 0 spiro atoms. The first-order valence-electron chi connectivity index (χ1n) is 9.70. The number of nitrogens with zero attached hydrogens (tertiary/aromatic N) is 2. The summed E-state index contributed by atoms with van der Waals surface area (Å²) in [5, 5.41) is 3.99. The van der Waals surface area contributed by atoms with Crippen LogP contribution in [0.3, 0.4) is 0 Å². The second-order valence-corrected chi connectivity index (χ2v) is 7.54. The van der Waals surface area contributed by atoms with Gasteiger partial charge in [-0.1, -0.05) is 23.7 Å². The summed E-state index contributed by atoms with van der Waals surface area (Å²) in [7, 11) is 0. The zero-order chi connectivity index (χ0) is 22.0. The second kappa shape index (κ2) is 8.62. The number of rotatable bonds is 5. The predicted molar refractivity (Wildman–Crippen MR) is 122 cm³/mol. The first-order valence-corrected chi connectivity index (χ1v) is 10.1. The molecule has 0 saturated carbocycles. The molecule has 6 nitrogen and oxygen atoms in total. The zero-order valence-electron chi connectivity index (χ0n) is 17.1. The molecule has 156 valence electrons. The number of ether oxygens (including phenoxy) is 1. The Labute approximate surface area is 184 Å². The van der Waals surface area contributed by atoms with Crippen molar-refractivity contribution in [1.29, 1.82) is 0 Å². The van der Waals surface area contributed by atoms with Crippen LogP contribution in [0.4, 0.5) is 5.69 Å². The standard InChI is InChI=1S/C24H20ClN3O3/c1-15-13-18(28-16(2)26-22-6-4-3-5-20(22)24(28)30)9-12-21(15)27-23(29)14-31-19-10-7-17(25)8-11-19/h3-13H,14H2,1-2H3,(H,27,29). The number of nitrogens with one attached hydrogen (secondary N) is 1. The van der Waals surface area contributed by atoms with Gasteiger partial charge in [0, 0.05) is 10.7 Å². The van der Waals surface area contributed by atoms with E-state index >= 15 is 0 Å². The Morgan fingerprint density at radius 2 is 1.81 bits per heavy atom. The van der Waals surface area contributed by atoms with E-state index in [0.29, 0.717) is 38.9 Å². The molecule has 0 bridgehead atoms. The maximum absolute atomic E-state index is 13.0. The van der Waals surface area contributed by atoms with Gasteiger partial charge >= 0.3 is 0 Å². The number of para-hydroxylation sites is 1. The third kappa shape index (κ3) is 4.44. The molecule has 3 aromatic carbocycles. The van der Waals surface area contributed by atoms with Crippen LogP contribution in [0.2, 0.25) is 5.02 Å². The van der Waals surface area contributed by atoms with Gasteiger partial charge in [-0.25, -0.2) is 4.98 Å². The highest BCUT2D eigenvalue weighted by Crippen LogP contribution is 2.20. The Morgan fingerprint density at radius 1 is 1.06 bits per heavy atom. The number of aromatic nitrogens is 2. The fourth-order valence-electron chi connectivity index (χ4n) is 3.34. The van der Waals surface area contributed by atoms with Gasteiger partial charge in [0.1, 0.15) is 11.6 Å². The minimum absolute atomic E-state index is 0.129. The van der Waals surface area contributed by atoms with E-state index in [2.05, 4.69) is 10.3 Å². The van der Waals surface area contributed by atoms with Crippen LogP contribution in [0.1, 0.15) is 11.4 Å². The van der Waals surface area contributed by atoms with Crippen LogP contribution in [0, 0.1) is 13.8 Å². The van der Waals surface area contributed by atoms with Gasteiger partial charge in [0.2, 0.25) is 0 Å². The molecule has 1 aromatic heterocycles. The summed E-state index contributed by atoms with van der Waals surface area (Å²) in [6.07, 6.45) is 0. The number of fused-ring (bicyclic) bond motifs is 1. The Balaban J connectivity index is 1.53. The van der Waals surface area contributed by atoms with Crippen molar-refractivity contribution in [3.63, 3.8) is 0 Å². The van der Waals surface area contributed by atoms with Crippen LogP contribution in [-0.4, -0.2) is 22.1 Å². The highest BCUT2D eigenvalue weighted by atomic mass is 35.5. The number of amides is 1. The summed E-state index contributed by atoms with van der Waals surface area (Å²) in [4.78, 5) is 29.8. The van der Waals surface area contributed by atoms with Crippen LogP contribution >= 0.6 is 11.6 Å². The van der Waals surface area contributed by atoms with E-state index in [1.165, 1.54) is 0 Å². The van der Waals surface area contributed by atoms with Gasteiger partial charge in [-0.05, 0) is 74.0 Å². The Hall–Kier alpha value is -3.64. The van der Waals surface area contributed by atoms with Gasteiger partial charge < -0.3 is 10.1 Å². The van der Waals surface area contributed by atoms with Crippen LogP contribution in [0.15, 0.2) is 71.5 Å². The number of aryl methyl sites for hydroxylation is 2.